The third-order valence-corrected chi connectivity index (χ3v) is 9.05. The number of rotatable bonds is 14. The second-order valence-corrected chi connectivity index (χ2v) is 12.6. The number of hydrogen-bond donors (Lipinski definition) is 4. The van der Waals surface area contributed by atoms with E-state index in [1.807, 2.05) is 84.3 Å². The number of aromatic carboxylic acids is 1. The molecule has 0 saturated carbocycles. The predicted molar refractivity (Wildman–Crippen MR) is 204 cm³/mol. The minimum atomic E-state index is -1.12. The van der Waals surface area contributed by atoms with Gasteiger partial charge in [-0.3, -0.25) is 18.8 Å². The molecule has 2 heterocycles. The van der Waals surface area contributed by atoms with Crippen molar-refractivity contribution in [2.24, 2.45) is 0 Å². The molecule has 6 aromatic rings. The molecule has 4 aromatic carbocycles. The van der Waals surface area contributed by atoms with E-state index in [9.17, 15) is 24.6 Å². The van der Waals surface area contributed by atoms with Crippen LogP contribution in [0.15, 0.2) is 101 Å². The van der Waals surface area contributed by atoms with Gasteiger partial charge in [-0.1, -0.05) is 80.6 Å². The number of anilines is 1. The zero-order valence-corrected chi connectivity index (χ0v) is 29.6. The standard InChI is InChI=1S/C29H38N6O3.C11H8O3/c1-3-15-35-28(37)26-27(34(29(35)38)16-14-22-10-12-24(30)13-11-22)31-25(21-23-8-6-5-7-9-23)33(26)18-17-32(4-2)19-20-36;12-10-6-8-4-2-1-3-7(8)5-9(10)11(13)14/h5-13,36H,3-4,14-21,30H2,1-2H3;1-6,12H,(H,13,14). The number of aromatic hydroxyl groups is 1. The van der Waals surface area contributed by atoms with Gasteiger partial charge in [0, 0.05) is 44.8 Å². The second-order valence-electron chi connectivity index (χ2n) is 12.6. The monoisotopic (exact) mass is 706 g/mol. The minimum absolute atomic E-state index is 0.0660. The number of aromatic nitrogens is 4. The maximum atomic E-state index is 13.8. The van der Waals surface area contributed by atoms with Crippen LogP contribution in [0.2, 0.25) is 0 Å². The second kappa shape index (κ2) is 17.5. The highest BCUT2D eigenvalue weighted by molar-refractivity contribution is 5.97. The fourth-order valence-electron chi connectivity index (χ4n) is 6.25. The van der Waals surface area contributed by atoms with E-state index in [2.05, 4.69) is 11.8 Å². The third kappa shape index (κ3) is 8.76. The summed E-state index contributed by atoms with van der Waals surface area (Å²) in [4.78, 5) is 45.1. The fourth-order valence-corrected chi connectivity index (χ4v) is 6.25. The van der Waals surface area contributed by atoms with Gasteiger partial charge < -0.3 is 25.6 Å². The van der Waals surface area contributed by atoms with E-state index >= 15 is 0 Å². The van der Waals surface area contributed by atoms with Crippen LogP contribution in [0.1, 0.15) is 47.6 Å². The van der Waals surface area contributed by atoms with Crippen molar-refractivity contribution in [2.75, 3.05) is 32.0 Å². The number of carboxylic acids is 1. The molecule has 0 atom stereocenters. The quantitative estimate of drug-likeness (QED) is 0.117. The van der Waals surface area contributed by atoms with E-state index in [-0.39, 0.29) is 29.2 Å². The average molecular weight is 707 g/mol. The summed E-state index contributed by atoms with van der Waals surface area (Å²) in [7, 11) is 0. The van der Waals surface area contributed by atoms with Crippen molar-refractivity contribution < 1.29 is 20.1 Å². The molecule has 0 aliphatic rings. The van der Waals surface area contributed by atoms with Crippen molar-refractivity contribution in [3.8, 4) is 5.75 Å². The number of likely N-dealkylation sites (N-methyl/N-ethyl adjacent to an activating group) is 1. The number of nitrogens with two attached hydrogens (primary N) is 1. The van der Waals surface area contributed by atoms with Gasteiger partial charge in [0.05, 0.1) is 6.61 Å². The van der Waals surface area contributed by atoms with Gasteiger partial charge >= 0.3 is 11.7 Å². The van der Waals surface area contributed by atoms with Crippen LogP contribution in [0.25, 0.3) is 21.9 Å². The molecule has 0 bridgehead atoms. The van der Waals surface area contributed by atoms with E-state index < -0.39 is 5.97 Å². The number of nitrogens with zero attached hydrogens (tertiary/aromatic N) is 5. The summed E-state index contributed by atoms with van der Waals surface area (Å²) in [5.41, 5.74) is 8.86. The van der Waals surface area contributed by atoms with E-state index in [1.165, 1.54) is 16.7 Å². The topological polar surface area (TPSA) is 169 Å². The number of phenols is 1. The molecular weight excluding hydrogens is 660 g/mol. The molecule has 272 valence electrons. The predicted octanol–water partition coefficient (Wildman–Crippen LogP) is 4.74. The zero-order chi connectivity index (χ0) is 37.2. The Labute approximate surface area is 301 Å². The Morgan fingerprint density at radius 2 is 1.48 bits per heavy atom. The van der Waals surface area contributed by atoms with Crippen molar-refractivity contribution >= 4 is 33.6 Å². The van der Waals surface area contributed by atoms with Crippen molar-refractivity contribution in [1.82, 2.24) is 23.6 Å². The first kappa shape index (κ1) is 37.5. The molecule has 0 fully saturated rings. The molecule has 0 spiro atoms. The summed E-state index contributed by atoms with van der Waals surface area (Å²) in [6.07, 6.45) is 1.82. The molecule has 0 unspecified atom stereocenters. The highest BCUT2D eigenvalue weighted by Gasteiger charge is 2.22. The van der Waals surface area contributed by atoms with Crippen molar-refractivity contribution in [2.45, 2.75) is 52.7 Å². The first-order valence-corrected chi connectivity index (χ1v) is 17.5. The van der Waals surface area contributed by atoms with Crippen LogP contribution in [0.5, 0.6) is 5.75 Å². The average Bonchev–Trinajstić information content (AvgIpc) is 3.50. The highest BCUT2D eigenvalue weighted by atomic mass is 16.4. The number of carbonyl (C=O) groups is 1. The summed E-state index contributed by atoms with van der Waals surface area (Å²) < 4.78 is 4.98. The van der Waals surface area contributed by atoms with E-state index in [1.54, 1.807) is 10.6 Å². The Morgan fingerprint density at radius 3 is 2.12 bits per heavy atom. The molecule has 0 radical (unpaired) electrons. The molecule has 0 aliphatic heterocycles. The number of imidazole rings is 1. The van der Waals surface area contributed by atoms with Crippen LogP contribution >= 0.6 is 0 Å². The van der Waals surface area contributed by atoms with Crippen LogP contribution in [0, 0.1) is 0 Å². The maximum absolute atomic E-state index is 13.8. The Balaban J connectivity index is 0.000000310. The lowest BCUT2D eigenvalue weighted by atomic mass is 10.1. The van der Waals surface area contributed by atoms with Gasteiger partial charge in [-0.25, -0.2) is 14.6 Å². The number of aliphatic hydroxyl groups excluding tert-OH is 1. The Morgan fingerprint density at radius 1 is 0.808 bits per heavy atom. The molecule has 2 aromatic heterocycles. The van der Waals surface area contributed by atoms with Gasteiger partial charge in [-0.05, 0) is 65.6 Å². The van der Waals surface area contributed by atoms with Crippen molar-refractivity contribution in [3.05, 3.63) is 134 Å². The summed E-state index contributed by atoms with van der Waals surface area (Å²) >= 11 is 0. The van der Waals surface area contributed by atoms with E-state index in [0.717, 1.165) is 34.3 Å². The number of fused-ring (bicyclic) bond motifs is 2. The number of aliphatic hydroxyl groups is 1. The van der Waals surface area contributed by atoms with Gasteiger partial charge in [0.1, 0.15) is 17.1 Å². The van der Waals surface area contributed by atoms with Crippen molar-refractivity contribution in [3.63, 3.8) is 0 Å². The van der Waals surface area contributed by atoms with Crippen LogP contribution in [-0.2, 0) is 32.5 Å². The van der Waals surface area contributed by atoms with Crippen LogP contribution in [0.4, 0.5) is 5.69 Å². The summed E-state index contributed by atoms with van der Waals surface area (Å²) in [6.45, 7) is 7.36. The van der Waals surface area contributed by atoms with Gasteiger partial charge in [0.15, 0.2) is 11.2 Å². The molecule has 0 saturated heterocycles. The number of carboxylic acid groups (broad SMARTS) is 1. The van der Waals surface area contributed by atoms with Gasteiger partial charge in [-0.15, -0.1) is 0 Å². The minimum Gasteiger partial charge on any atom is -0.507 e. The molecular formula is C40H46N6O6. The molecule has 6 rings (SSSR count). The maximum Gasteiger partial charge on any atom is 0.339 e. The number of benzene rings is 4. The van der Waals surface area contributed by atoms with Crippen molar-refractivity contribution in [1.29, 1.82) is 0 Å². The lowest BCUT2D eigenvalue weighted by Gasteiger charge is -2.20. The van der Waals surface area contributed by atoms with Gasteiger partial charge in [0.2, 0.25) is 0 Å². The molecule has 12 heteroatoms. The summed E-state index contributed by atoms with van der Waals surface area (Å²) in [5.74, 6) is -0.567. The van der Waals surface area contributed by atoms with Gasteiger partial charge in [0.25, 0.3) is 5.56 Å². The molecule has 0 amide bonds. The first-order valence-electron chi connectivity index (χ1n) is 17.5. The Kier molecular flexibility index (Phi) is 12.6. The Bertz CT molecular complexity index is 2240. The van der Waals surface area contributed by atoms with Crippen LogP contribution in [0.3, 0.4) is 0 Å². The largest absolute Gasteiger partial charge is 0.507 e. The van der Waals surface area contributed by atoms with E-state index in [4.69, 9.17) is 15.8 Å². The van der Waals surface area contributed by atoms with Crippen LogP contribution < -0.4 is 17.0 Å². The number of hydrogen-bond acceptors (Lipinski definition) is 8. The zero-order valence-electron chi connectivity index (χ0n) is 29.6. The normalized spacial score (nSPS) is 11.2. The lowest BCUT2D eigenvalue weighted by Crippen LogP contribution is -2.41. The Hall–Kier alpha value is -5.72. The van der Waals surface area contributed by atoms with Gasteiger partial charge in [-0.2, -0.15) is 0 Å². The summed E-state index contributed by atoms with van der Waals surface area (Å²) in [5, 5.41) is 29.3. The highest BCUT2D eigenvalue weighted by Crippen LogP contribution is 2.24. The molecule has 5 N–H and O–H groups in total. The van der Waals surface area contributed by atoms with Crippen LogP contribution in [-0.4, -0.2) is 71.1 Å². The third-order valence-electron chi connectivity index (χ3n) is 9.05. The SMILES string of the molecule is CCCn1c(=O)c2c(nc(Cc3ccccc3)n2CCN(CC)CCO)n(CCc2ccc(N)cc2)c1=O.O=C(O)c1cc2ccccc2cc1O. The molecule has 12 nitrogen and oxygen atoms in total. The summed E-state index contributed by atoms with van der Waals surface area (Å²) in [6, 6.07) is 27.8. The van der Waals surface area contributed by atoms with E-state index in [0.29, 0.717) is 68.8 Å². The molecule has 0 aliphatic carbocycles. The lowest BCUT2D eigenvalue weighted by molar-refractivity contribution is 0.0694. The number of nitrogen functional groups attached to an aromatic ring is 1. The number of aryl methyl sites for hydroxylation is 2. The fraction of sp³-hybridized carbons (Fsp3) is 0.300. The smallest absolute Gasteiger partial charge is 0.339 e. The first-order chi connectivity index (χ1) is 25.1. The molecule has 52 heavy (non-hydrogen) atoms.